The van der Waals surface area contributed by atoms with Crippen molar-refractivity contribution in [1.29, 1.82) is 0 Å². The summed E-state index contributed by atoms with van der Waals surface area (Å²) in [4.78, 5) is 11.0. The Bertz CT molecular complexity index is 263. The van der Waals surface area contributed by atoms with E-state index in [-0.39, 0.29) is 18.2 Å². The lowest BCUT2D eigenvalue weighted by Crippen LogP contribution is -2.44. The molecule has 2 N–H and O–H groups in total. The number of carbonyl (C=O) groups excluding carboxylic acids is 1. The lowest BCUT2D eigenvalue weighted by atomic mass is 10.2. The van der Waals surface area contributed by atoms with Gasteiger partial charge in [-0.25, -0.2) is 4.79 Å². The summed E-state index contributed by atoms with van der Waals surface area (Å²) in [6.07, 6.45) is -1.22. The van der Waals surface area contributed by atoms with Crippen molar-refractivity contribution in [2.24, 2.45) is 0 Å². The van der Waals surface area contributed by atoms with E-state index in [1.807, 2.05) is 0 Å². The van der Waals surface area contributed by atoms with E-state index in [1.54, 1.807) is 6.92 Å². The van der Waals surface area contributed by atoms with Crippen LogP contribution in [0, 0.1) is 0 Å². The van der Waals surface area contributed by atoms with E-state index in [2.05, 4.69) is 39.2 Å². The van der Waals surface area contributed by atoms with E-state index >= 15 is 0 Å². The first kappa shape index (κ1) is 17.4. The Morgan fingerprint density at radius 1 is 1.39 bits per heavy atom. The van der Waals surface area contributed by atoms with Gasteiger partial charge >= 0.3 is 6.09 Å². The fourth-order valence-corrected chi connectivity index (χ4v) is 2.01. The van der Waals surface area contributed by atoms with Crippen molar-refractivity contribution in [1.82, 2.24) is 5.32 Å². The second-order valence-electron chi connectivity index (χ2n) is 5.83. The van der Waals surface area contributed by atoms with Crippen LogP contribution >= 0.6 is 0 Å². The third kappa shape index (κ3) is 6.37. The van der Waals surface area contributed by atoms with Gasteiger partial charge in [-0.05, 0) is 25.1 Å². The maximum absolute atomic E-state index is 11.0. The van der Waals surface area contributed by atoms with Gasteiger partial charge in [-0.15, -0.1) is 0 Å². The van der Waals surface area contributed by atoms with Crippen LogP contribution in [0.15, 0.2) is 0 Å². The molecule has 1 atom stereocenters. The van der Waals surface area contributed by atoms with Crippen LogP contribution in [0.4, 0.5) is 4.79 Å². The second kappa shape index (κ2) is 7.11. The molecule has 0 aromatic rings. The first-order valence-electron chi connectivity index (χ1n) is 6.33. The normalized spacial score (nSPS) is 14.2. The third-order valence-corrected chi connectivity index (χ3v) is 7.70. The molecule has 0 heterocycles. The highest BCUT2D eigenvalue weighted by molar-refractivity contribution is 6.74. The SMILES string of the molecule is CCOC(=O)NCC(O)CO[Si](C)(C)C(C)(C)C. The number of rotatable bonds is 6. The van der Waals surface area contributed by atoms with Crippen LogP contribution in [0.2, 0.25) is 18.1 Å². The number of aliphatic hydroxyl groups is 1. The van der Waals surface area contributed by atoms with Crippen molar-refractivity contribution in [3.63, 3.8) is 0 Å². The molecule has 0 aliphatic rings. The van der Waals surface area contributed by atoms with Gasteiger partial charge in [0.1, 0.15) is 0 Å². The summed E-state index contributed by atoms with van der Waals surface area (Å²) in [7, 11) is -1.84. The monoisotopic (exact) mass is 277 g/mol. The Kier molecular flexibility index (Phi) is 6.87. The quantitative estimate of drug-likeness (QED) is 0.730. The van der Waals surface area contributed by atoms with E-state index in [9.17, 15) is 9.90 Å². The molecule has 0 bridgehead atoms. The number of nitrogens with one attached hydrogen (secondary N) is 1. The summed E-state index contributed by atoms with van der Waals surface area (Å²) in [5, 5.41) is 12.3. The van der Waals surface area contributed by atoms with Crippen LogP contribution < -0.4 is 5.32 Å². The van der Waals surface area contributed by atoms with Gasteiger partial charge in [-0.3, -0.25) is 0 Å². The molecule has 1 amide bonds. The Morgan fingerprint density at radius 3 is 2.39 bits per heavy atom. The third-order valence-electron chi connectivity index (χ3n) is 3.20. The molecule has 0 rings (SSSR count). The summed E-state index contributed by atoms with van der Waals surface area (Å²) in [5.74, 6) is 0. The zero-order valence-electron chi connectivity index (χ0n) is 12.4. The molecule has 0 fully saturated rings. The zero-order valence-corrected chi connectivity index (χ0v) is 13.4. The molecule has 0 radical (unpaired) electrons. The van der Waals surface area contributed by atoms with E-state index in [1.165, 1.54) is 0 Å². The molecular formula is C12H27NO4Si. The standard InChI is InChI=1S/C12H27NO4Si/c1-7-16-11(15)13-8-10(14)9-17-18(5,6)12(2,3)4/h10,14H,7-9H2,1-6H3,(H,13,15). The first-order chi connectivity index (χ1) is 8.10. The van der Waals surface area contributed by atoms with Gasteiger partial charge in [-0.1, -0.05) is 20.8 Å². The molecule has 0 aliphatic heterocycles. The maximum Gasteiger partial charge on any atom is 0.407 e. The second-order valence-corrected chi connectivity index (χ2v) is 10.6. The molecule has 108 valence electrons. The predicted molar refractivity (Wildman–Crippen MR) is 74.2 cm³/mol. The Hall–Kier alpha value is -0.593. The van der Waals surface area contributed by atoms with Crippen LogP contribution in [0.5, 0.6) is 0 Å². The average Bonchev–Trinajstić information content (AvgIpc) is 2.22. The smallest absolute Gasteiger partial charge is 0.407 e. The molecule has 18 heavy (non-hydrogen) atoms. The molecule has 0 saturated carbocycles. The number of ether oxygens (including phenoxy) is 1. The lowest BCUT2D eigenvalue weighted by Gasteiger charge is -2.36. The van der Waals surface area contributed by atoms with E-state index < -0.39 is 20.5 Å². The number of alkyl carbamates (subject to hydrolysis) is 1. The molecule has 0 saturated heterocycles. The highest BCUT2D eigenvalue weighted by Crippen LogP contribution is 2.36. The van der Waals surface area contributed by atoms with Gasteiger partial charge in [0.15, 0.2) is 8.32 Å². The zero-order chi connectivity index (χ0) is 14.4. The van der Waals surface area contributed by atoms with Crippen LogP contribution in [0.1, 0.15) is 27.7 Å². The fourth-order valence-electron chi connectivity index (χ4n) is 0.963. The number of aliphatic hydroxyl groups excluding tert-OH is 1. The van der Waals surface area contributed by atoms with Crippen LogP contribution in [-0.4, -0.2) is 45.4 Å². The minimum Gasteiger partial charge on any atom is -0.450 e. The molecule has 0 aromatic carbocycles. The molecular weight excluding hydrogens is 250 g/mol. The van der Waals surface area contributed by atoms with Gasteiger partial charge < -0.3 is 19.6 Å². The predicted octanol–water partition coefficient (Wildman–Crippen LogP) is 2.12. The topological polar surface area (TPSA) is 67.8 Å². The lowest BCUT2D eigenvalue weighted by molar-refractivity contribution is 0.0932. The number of carbonyl (C=O) groups is 1. The summed E-state index contributed by atoms with van der Waals surface area (Å²) >= 11 is 0. The van der Waals surface area contributed by atoms with Gasteiger partial charge in [0.2, 0.25) is 0 Å². The molecule has 1 unspecified atom stereocenters. The van der Waals surface area contributed by atoms with Crippen molar-refractivity contribution in [3.8, 4) is 0 Å². The van der Waals surface area contributed by atoms with Crippen molar-refractivity contribution in [2.45, 2.75) is 51.9 Å². The molecule has 0 aliphatic carbocycles. The van der Waals surface area contributed by atoms with Crippen molar-refractivity contribution in [3.05, 3.63) is 0 Å². The minimum absolute atomic E-state index is 0.112. The highest BCUT2D eigenvalue weighted by Gasteiger charge is 2.37. The summed E-state index contributed by atoms with van der Waals surface area (Å²) in [5.41, 5.74) is 0. The Labute approximate surface area is 111 Å². The van der Waals surface area contributed by atoms with Gasteiger partial charge in [0.05, 0.1) is 19.3 Å². The van der Waals surface area contributed by atoms with Crippen molar-refractivity contribution < 1.29 is 19.1 Å². The van der Waals surface area contributed by atoms with E-state index in [0.717, 1.165) is 0 Å². The largest absolute Gasteiger partial charge is 0.450 e. The van der Waals surface area contributed by atoms with Gasteiger partial charge in [-0.2, -0.15) is 0 Å². The number of hydrogen-bond acceptors (Lipinski definition) is 4. The average molecular weight is 277 g/mol. The highest BCUT2D eigenvalue weighted by atomic mass is 28.4. The summed E-state index contributed by atoms with van der Waals surface area (Å²) in [6.45, 7) is 13.1. The number of hydrogen-bond donors (Lipinski definition) is 2. The molecule has 6 heteroatoms. The number of amides is 1. The summed E-state index contributed by atoms with van der Waals surface area (Å²) < 4.78 is 10.5. The van der Waals surface area contributed by atoms with Gasteiger partial charge in [0, 0.05) is 6.54 Å². The van der Waals surface area contributed by atoms with E-state index in [0.29, 0.717) is 6.61 Å². The van der Waals surface area contributed by atoms with Crippen molar-refractivity contribution in [2.75, 3.05) is 19.8 Å². The van der Waals surface area contributed by atoms with Crippen LogP contribution in [0.25, 0.3) is 0 Å². The first-order valence-corrected chi connectivity index (χ1v) is 9.23. The van der Waals surface area contributed by atoms with Gasteiger partial charge in [0.25, 0.3) is 0 Å². The molecule has 0 aromatic heterocycles. The van der Waals surface area contributed by atoms with E-state index in [4.69, 9.17) is 9.16 Å². The Balaban J connectivity index is 3.97. The molecule has 5 nitrogen and oxygen atoms in total. The summed E-state index contributed by atoms with van der Waals surface area (Å²) in [6, 6.07) is 0. The minimum atomic E-state index is -1.84. The molecule has 0 spiro atoms. The van der Waals surface area contributed by atoms with Crippen molar-refractivity contribution >= 4 is 14.4 Å². The maximum atomic E-state index is 11.0. The van der Waals surface area contributed by atoms with Crippen LogP contribution in [0.3, 0.4) is 0 Å². The van der Waals surface area contributed by atoms with Crippen LogP contribution in [-0.2, 0) is 9.16 Å². The Morgan fingerprint density at radius 2 is 1.94 bits per heavy atom. The fraction of sp³-hybridized carbons (Fsp3) is 0.917.